The molecular weight excluding hydrogens is 477 g/mol. The summed E-state index contributed by atoms with van der Waals surface area (Å²) in [6.45, 7) is 0.724. The van der Waals surface area contributed by atoms with E-state index in [4.69, 9.17) is 4.74 Å². The topological polar surface area (TPSA) is 235 Å². The van der Waals surface area contributed by atoms with E-state index in [1.54, 1.807) is 0 Å². The van der Waals surface area contributed by atoms with E-state index in [1.165, 1.54) is 13.1 Å². The number of phosphoric acid groups is 3. The van der Waals surface area contributed by atoms with Crippen molar-refractivity contribution in [3.63, 3.8) is 0 Å². The molecule has 1 aliphatic rings. The van der Waals surface area contributed by atoms with E-state index in [1.807, 2.05) is 0 Å². The summed E-state index contributed by atoms with van der Waals surface area (Å²) < 4.78 is 50.0. The van der Waals surface area contributed by atoms with Crippen molar-refractivity contribution in [2.24, 2.45) is 0 Å². The Morgan fingerprint density at radius 2 is 1.59 bits per heavy atom. The first-order chi connectivity index (χ1) is 12.7. The van der Waals surface area contributed by atoms with Crippen LogP contribution in [0, 0.1) is 6.92 Å². The van der Waals surface area contributed by atoms with Gasteiger partial charge in [-0.1, -0.05) is 0 Å². The summed E-state index contributed by atoms with van der Waals surface area (Å²) in [5.74, 6) is 0. The van der Waals surface area contributed by atoms with Gasteiger partial charge in [-0.05, 0) is 19.8 Å². The van der Waals surface area contributed by atoms with Crippen LogP contribution in [0.4, 0.5) is 0 Å². The van der Waals surface area contributed by atoms with Crippen LogP contribution in [0.25, 0.3) is 0 Å². The Hall–Kier alpha value is 1.44. The van der Waals surface area contributed by atoms with Gasteiger partial charge in [0.1, 0.15) is 6.23 Å². The zero-order chi connectivity index (χ0) is 21.3. The van der Waals surface area contributed by atoms with E-state index in [0.29, 0.717) is 0 Å². The molecule has 2 rings (SSSR count). The van der Waals surface area contributed by atoms with Gasteiger partial charge < -0.3 is 33.4 Å². The second-order valence-electron chi connectivity index (χ2n) is 5.57. The fourth-order valence-electron chi connectivity index (χ4n) is 2.27. The van der Waals surface area contributed by atoms with E-state index in [9.17, 15) is 42.9 Å². The number of aromatic nitrogens is 2. The number of hydrogen-bond acceptors (Lipinski definition) is 13. The third-order valence-electron chi connectivity index (χ3n) is 3.36. The monoisotopic (exact) mass is 490 g/mol. The van der Waals surface area contributed by atoms with Crippen molar-refractivity contribution >= 4 is 23.5 Å². The SMILES string of the molecule is Cc1cn([C@H]2CC[C@@H](COP(=O)([O-])OP(=O)([O-])OP(=O)([O-])[O-])O2)c(=O)[nH]c1=O.[Li+].[Li+].[Li+].[Li+]. The van der Waals surface area contributed by atoms with E-state index >= 15 is 0 Å². The van der Waals surface area contributed by atoms with Crippen molar-refractivity contribution in [2.75, 3.05) is 6.61 Å². The number of H-pyrrole nitrogens is 1. The van der Waals surface area contributed by atoms with Crippen molar-refractivity contribution in [1.82, 2.24) is 9.55 Å². The van der Waals surface area contributed by atoms with Crippen LogP contribution in [-0.4, -0.2) is 22.3 Å². The van der Waals surface area contributed by atoms with Crippen LogP contribution in [0.3, 0.4) is 0 Å². The van der Waals surface area contributed by atoms with Gasteiger partial charge in [0.05, 0.1) is 20.5 Å². The fourth-order valence-corrected chi connectivity index (χ4v) is 5.16. The number of aromatic amines is 1. The molecule has 0 saturated carbocycles. The van der Waals surface area contributed by atoms with Crippen LogP contribution < -0.4 is 106 Å². The Labute approximate surface area is 229 Å². The number of ether oxygens (including phenoxy) is 1. The molecule has 1 N–H and O–H groups in total. The number of aryl methyl sites for hydroxylation is 1. The van der Waals surface area contributed by atoms with Crippen LogP contribution in [-0.2, 0) is 31.6 Å². The Morgan fingerprint density at radius 1 is 1.03 bits per heavy atom. The minimum Gasteiger partial charge on any atom is -0.790 e. The van der Waals surface area contributed by atoms with Gasteiger partial charge in [0, 0.05) is 11.8 Å². The van der Waals surface area contributed by atoms with Crippen molar-refractivity contribution in [3.8, 4) is 0 Å². The molecule has 1 aromatic rings. The average Bonchev–Trinajstić information content (AvgIpc) is 2.94. The maximum atomic E-state index is 11.8. The Kier molecular flexibility index (Phi) is 17.6. The minimum atomic E-state index is -6.07. The predicted octanol–water partition coefficient (Wildman–Crippen LogP) is -14.6. The third-order valence-corrected chi connectivity index (χ3v) is 7.03. The molecule has 15 nitrogen and oxygen atoms in total. The maximum absolute atomic E-state index is 11.8. The molecule has 22 heteroatoms. The summed E-state index contributed by atoms with van der Waals surface area (Å²) in [6.07, 6.45) is -0.0677. The van der Waals surface area contributed by atoms with Gasteiger partial charge in [-0.15, -0.1) is 0 Å². The standard InChI is InChI=1S/C10H17N2O13P3.4Li/c1-6-4-12(10(14)11-9(6)13)8-3-2-7(23-8)5-22-27(18,19)25-28(20,21)24-26(15,16)17;;;;/h4,7-8H,2-3,5H2,1H3,(H,18,19)(H,20,21)(H,11,13,14)(H2,15,16,17);;;;/q;4*+1/p-4/t7-,8+;;;;/m0..../s1. The molecule has 4 atom stereocenters. The summed E-state index contributed by atoms with van der Waals surface area (Å²) in [5.41, 5.74) is -1.08. The largest absolute Gasteiger partial charge is 1.00 e. The molecule has 1 aromatic heterocycles. The number of rotatable bonds is 8. The van der Waals surface area contributed by atoms with E-state index in [0.717, 1.165) is 4.57 Å². The van der Waals surface area contributed by atoms with E-state index < -0.39 is 53.7 Å². The van der Waals surface area contributed by atoms with Gasteiger partial charge in [-0.2, -0.15) is 0 Å². The summed E-state index contributed by atoms with van der Waals surface area (Å²) in [4.78, 5) is 68.2. The molecule has 0 aliphatic carbocycles. The van der Waals surface area contributed by atoms with Crippen LogP contribution in [0.5, 0.6) is 0 Å². The molecule has 32 heavy (non-hydrogen) atoms. The first-order valence-corrected chi connectivity index (χ1v) is 11.7. The second-order valence-corrected chi connectivity index (χ2v) is 9.82. The van der Waals surface area contributed by atoms with Crippen molar-refractivity contribution in [3.05, 3.63) is 32.6 Å². The Balaban J connectivity index is -0.00000210. The zero-order valence-electron chi connectivity index (χ0n) is 17.9. The average molecular weight is 490 g/mol. The molecule has 0 bridgehead atoms. The summed E-state index contributed by atoms with van der Waals surface area (Å²) in [5, 5.41) is 0. The first kappa shape index (κ1) is 38.0. The molecule has 1 saturated heterocycles. The summed E-state index contributed by atoms with van der Waals surface area (Å²) >= 11 is 0. The second kappa shape index (κ2) is 14.9. The molecule has 0 radical (unpaired) electrons. The molecular formula is C10H13Li4N2O13P3. The van der Waals surface area contributed by atoms with Crippen molar-refractivity contribution in [2.45, 2.75) is 32.1 Å². The molecule has 0 spiro atoms. The molecule has 1 aliphatic heterocycles. The van der Waals surface area contributed by atoms with Crippen LogP contribution in [0.2, 0.25) is 0 Å². The minimum absolute atomic E-state index is 0. The van der Waals surface area contributed by atoms with Crippen LogP contribution >= 0.6 is 23.5 Å². The van der Waals surface area contributed by atoms with Gasteiger partial charge in [-0.3, -0.25) is 27.8 Å². The Bertz CT molecular complexity index is 997. The third kappa shape index (κ3) is 12.4. The molecule has 160 valence electrons. The van der Waals surface area contributed by atoms with Gasteiger partial charge in [-0.25, -0.2) is 9.11 Å². The number of phosphoric ester groups is 1. The van der Waals surface area contributed by atoms with Crippen LogP contribution in [0.1, 0.15) is 24.6 Å². The summed E-state index contributed by atoms with van der Waals surface area (Å²) in [6, 6.07) is 0. The molecule has 0 aromatic carbocycles. The van der Waals surface area contributed by atoms with Gasteiger partial charge in [0.2, 0.25) is 0 Å². The molecule has 0 amide bonds. The van der Waals surface area contributed by atoms with Crippen LogP contribution in [0.15, 0.2) is 15.8 Å². The van der Waals surface area contributed by atoms with Gasteiger partial charge in [0.25, 0.3) is 21.2 Å². The normalized spacial score (nSPS) is 21.5. The van der Waals surface area contributed by atoms with Crippen molar-refractivity contribution < 1.29 is 127 Å². The van der Waals surface area contributed by atoms with Crippen molar-refractivity contribution in [1.29, 1.82) is 0 Å². The summed E-state index contributed by atoms with van der Waals surface area (Å²) in [7, 11) is -17.7. The fraction of sp³-hybridized carbons (Fsp3) is 0.600. The predicted molar refractivity (Wildman–Crippen MR) is 80.1 cm³/mol. The first-order valence-electron chi connectivity index (χ1n) is 7.36. The van der Waals surface area contributed by atoms with Gasteiger partial charge >= 0.3 is 81.1 Å². The number of hydrogen-bond donors (Lipinski definition) is 1. The van der Waals surface area contributed by atoms with E-state index in [2.05, 4.69) is 18.1 Å². The molecule has 2 heterocycles. The smallest absolute Gasteiger partial charge is 0.790 e. The number of nitrogens with one attached hydrogen (secondary N) is 1. The number of nitrogens with zero attached hydrogens (tertiary/aromatic N) is 1. The maximum Gasteiger partial charge on any atom is 1.00 e. The van der Waals surface area contributed by atoms with Gasteiger partial charge in [0.15, 0.2) is 0 Å². The van der Waals surface area contributed by atoms with E-state index in [-0.39, 0.29) is 93.8 Å². The molecule has 2 unspecified atom stereocenters. The molecule has 1 fully saturated rings. The quantitative estimate of drug-likeness (QED) is 0.264. The Morgan fingerprint density at radius 3 is 2.12 bits per heavy atom. The zero-order valence-corrected chi connectivity index (χ0v) is 20.6.